The summed E-state index contributed by atoms with van der Waals surface area (Å²) in [7, 11) is 0. The van der Waals surface area contributed by atoms with Gasteiger partial charge in [-0.3, -0.25) is 9.78 Å². The van der Waals surface area contributed by atoms with Gasteiger partial charge in [0.15, 0.2) is 0 Å². The predicted molar refractivity (Wildman–Crippen MR) is 64.9 cm³/mol. The average molecular weight is 255 g/mol. The number of likely N-dealkylation sites (tertiary alicyclic amines) is 1. The minimum Gasteiger partial charge on any atom is -0.393 e. The van der Waals surface area contributed by atoms with Crippen LogP contribution in [0.4, 0.5) is 0 Å². The van der Waals surface area contributed by atoms with E-state index in [9.17, 15) is 9.90 Å². The predicted octanol–water partition coefficient (Wildman–Crippen LogP) is 1.58. The second-order valence-corrected chi connectivity index (χ2v) is 4.80. The summed E-state index contributed by atoms with van der Waals surface area (Å²) in [5.74, 6) is 0.0562. The van der Waals surface area contributed by atoms with Gasteiger partial charge in [0.2, 0.25) is 0 Å². The summed E-state index contributed by atoms with van der Waals surface area (Å²) in [4.78, 5) is 17.8. The van der Waals surface area contributed by atoms with Gasteiger partial charge in [0.25, 0.3) is 5.91 Å². The monoisotopic (exact) mass is 254 g/mol. The maximum absolute atomic E-state index is 12.2. The number of amides is 1. The molecule has 92 valence electrons. The number of pyridine rings is 1. The van der Waals surface area contributed by atoms with Gasteiger partial charge in [-0.25, -0.2) is 0 Å². The Bertz CT molecular complexity index is 423. The average Bonchev–Trinajstić information content (AvgIpc) is 2.78. The largest absolute Gasteiger partial charge is 0.393 e. The second-order valence-electron chi connectivity index (χ2n) is 4.40. The smallest absolute Gasteiger partial charge is 0.256 e. The third-order valence-electron chi connectivity index (χ3n) is 3.19. The molecule has 0 bridgehead atoms. The highest BCUT2D eigenvalue weighted by atomic mass is 35.5. The fourth-order valence-electron chi connectivity index (χ4n) is 2.07. The maximum Gasteiger partial charge on any atom is 0.256 e. The molecule has 1 aromatic heterocycles. The first kappa shape index (κ1) is 12.3. The van der Waals surface area contributed by atoms with Crippen LogP contribution in [0.1, 0.15) is 23.7 Å². The van der Waals surface area contributed by atoms with Crippen LogP contribution in [-0.2, 0) is 0 Å². The van der Waals surface area contributed by atoms with Crippen molar-refractivity contribution in [1.82, 2.24) is 9.88 Å². The van der Waals surface area contributed by atoms with Gasteiger partial charge in [-0.2, -0.15) is 0 Å². The first-order valence-electron chi connectivity index (χ1n) is 5.66. The first-order valence-corrected chi connectivity index (χ1v) is 6.04. The van der Waals surface area contributed by atoms with E-state index in [0.29, 0.717) is 23.7 Å². The zero-order valence-corrected chi connectivity index (χ0v) is 10.4. The Morgan fingerprint density at radius 3 is 3.06 bits per heavy atom. The van der Waals surface area contributed by atoms with E-state index in [2.05, 4.69) is 4.98 Å². The van der Waals surface area contributed by atoms with Gasteiger partial charge in [-0.15, -0.1) is 0 Å². The number of hydrogen-bond donors (Lipinski definition) is 1. The molecule has 0 spiro atoms. The summed E-state index contributed by atoms with van der Waals surface area (Å²) in [6.07, 6.45) is 3.50. The SMILES string of the molecule is CC(O)C1CCN(C(=O)c2cnccc2Cl)C1. The summed E-state index contributed by atoms with van der Waals surface area (Å²) in [5.41, 5.74) is 0.431. The number of nitrogens with zero attached hydrogens (tertiary/aromatic N) is 2. The fraction of sp³-hybridized carbons (Fsp3) is 0.500. The van der Waals surface area contributed by atoms with Crippen molar-refractivity contribution in [2.24, 2.45) is 5.92 Å². The summed E-state index contributed by atoms with van der Waals surface area (Å²) < 4.78 is 0. The Morgan fingerprint density at radius 2 is 2.47 bits per heavy atom. The van der Waals surface area contributed by atoms with Gasteiger partial charge in [-0.05, 0) is 19.4 Å². The van der Waals surface area contributed by atoms with Crippen LogP contribution in [0.3, 0.4) is 0 Å². The van der Waals surface area contributed by atoms with Crippen LogP contribution in [-0.4, -0.2) is 40.1 Å². The number of hydrogen-bond acceptors (Lipinski definition) is 3. The minimum absolute atomic E-state index is 0.105. The summed E-state index contributed by atoms with van der Waals surface area (Å²) in [6.45, 7) is 3.01. The van der Waals surface area contributed by atoms with E-state index in [0.717, 1.165) is 6.42 Å². The van der Waals surface area contributed by atoms with E-state index < -0.39 is 0 Å². The molecular formula is C12H15ClN2O2. The van der Waals surface area contributed by atoms with Crippen molar-refractivity contribution in [3.8, 4) is 0 Å². The lowest BCUT2D eigenvalue weighted by Crippen LogP contribution is -2.30. The Morgan fingerprint density at radius 1 is 1.71 bits per heavy atom. The molecule has 0 aromatic carbocycles. The van der Waals surface area contributed by atoms with Crippen molar-refractivity contribution < 1.29 is 9.90 Å². The van der Waals surface area contributed by atoms with Crippen LogP contribution in [0, 0.1) is 5.92 Å². The van der Waals surface area contributed by atoms with Crippen molar-refractivity contribution >= 4 is 17.5 Å². The second kappa shape index (κ2) is 5.02. The van der Waals surface area contributed by atoms with Gasteiger partial charge in [-0.1, -0.05) is 11.6 Å². The van der Waals surface area contributed by atoms with Crippen LogP contribution >= 0.6 is 11.6 Å². The third-order valence-corrected chi connectivity index (χ3v) is 3.52. The molecule has 1 N–H and O–H groups in total. The van der Waals surface area contributed by atoms with Gasteiger partial charge >= 0.3 is 0 Å². The van der Waals surface area contributed by atoms with E-state index in [-0.39, 0.29) is 17.9 Å². The molecule has 2 heterocycles. The zero-order chi connectivity index (χ0) is 12.4. The highest BCUT2D eigenvalue weighted by molar-refractivity contribution is 6.33. The Balaban J connectivity index is 2.10. The highest BCUT2D eigenvalue weighted by Gasteiger charge is 2.30. The van der Waals surface area contributed by atoms with E-state index >= 15 is 0 Å². The van der Waals surface area contributed by atoms with E-state index in [1.807, 2.05) is 0 Å². The normalized spacial score (nSPS) is 21.6. The molecule has 1 aliphatic rings. The lowest BCUT2D eigenvalue weighted by Gasteiger charge is -2.18. The van der Waals surface area contributed by atoms with Crippen molar-refractivity contribution in [1.29, 1.82) is 0 Å². The molecule has 1 fully saturated rings. The van der Waals surface area contributed by atoms with E-state index in [4.69, 9.17) is 11.6 Å². The Kier molecular flexibility index (Phi) is 3.64. The molecule has 0 saturated carbocycles. The van der Waals surface area contributed by atoms with Crippen LogP contribution in [0.15, 0.2) is 18.5 Å². The molecule has 2 unspecified atom stereocenters. The molecule has 2 rings (SSSR count). The number of carbonyl (C=O) groups excluding carboxylic acids is 1. The van der Waals surface area contributed by atoms with Crippen molar-refractivity contribution in [2.45, 2.75) is 19.4 Å². The lowest BCUT2D eigenvalue weighted by molar-refractivity contribution is 0.0762. The van der Waals surface area contributed by atoms with Crippen molar-refractivity contribution in [2.75, 3.05) is 13.1 Å². The summed E-state index contributed by atoms with van der Waals surface area (Å²) in [6, 6.07) is 1.61. The molecular weight excluding hydrogens is 240 g/mol. The van der Waals surface area contributed by atoms with E-state index in [1.165, 1.54) is 6.20 Å². The quantitative estimate of drug-likeness (QED) is 0.872. The molecule has 4 nitrogen and oxygen atoms in total. The fourth-order valence-corrected chi connectivity index (χ4v) is 2.26. The zero-order valence-electron chi connectivity index (χ0n) is 9.64. The number of aliphatic hydroxyl groups excluding tert-OH is 1. The van der Waals surface area contributed by atoms with Crippen LogP contribution in [0.5, 0.6) is 0 Å². The third kappa shape index (κ3) is 2.58. The molecule has 0 radical (unpaired) electrons. The number of carbonyl (C=O) groups is 1. The highest BCUT2D eigenvalue weighted by Crippen LogP contribution is 2.23. The first-order chi connectivity index (χ1) is 8.09. The molecule has 0 aliphatic carbocycles. The van der Waals surface area contributed by atoms with Crippen LogP contribution < -0.4 is 0 Å². The standard InChI is InChI=1S/C12H15ClN2O2/c1-8(16)9-3-5-15(7-9)12(17)10-6-14-4-2-11(10)13/h2,4,6,8-9,16H,3,5,7H2,1H3. The van der Waals surface area contributed by atoms with Crippen molar-refractivity contribution in [3.63, 3.8) is 0 Å². The summed E-state index contributed by atoms with van der Waals surface area (Å²) >= 11 is 5.96. The minimum atomic E-state index is -0.378. The molecule has 1 amide bonds. The molecule has 17 heavy (non-hydrogen) atoms. The Labute approximate surface area is 105 Å². The molecule has 1 aromatic rings. The molecule has 2 atom stereocenters. The van der Waals surface area contributed by atoms with Crippen LogP contribution in [0.2, 0.25) is 5.02 Å². The number of aromatic nitrogens is 1. The van der Waals surface area contributed by atoms with Gasteiger partial charge < -0.3 is 10.0 Å². The number of aliphatic hydroxyl groups is 1. The number of rotatable bonds is 2. The van der Waals surface area contributed by atoms with Crippen molar-refractivity contribution in [3.05, 3.63) is 29.0 Å². The van der Waals surface area contributed by atoms with Gasteiger partial charge in [0.05, 0.1) is 16.7 Å². The topological polar surface area (TPSA) is 53.4 Å². The van der Waals surface area contributed by atoms with Crippen LogP contribution in [0.25, 0.3) is 0 Å². The maximum atomic E-state index is 12.2. The summed E-state index contributed by atoms with van der Waals surface area (Å²) in [5, 5.41) is 9.92. The van der Waals surface area contributed by atoms with Gasteiger partial charge in [0, 0.05) is 31.4 Å². The van der Waals surface area contributed by atoms with E-state index in [1.54, 1.807) is 24.1 Å². The van der Waals surface area contributed by atoms with Gasteiger partial charge in [0.1, 0.15) is 0 Å². The Hall–Kier alpha value is -1.13. The number of halogens is 1. The molecule has 1 saturated heterocycles. The molecule has 1 aliphatic heterocycles. The lowest BCUT2D eigenvalue weighted by atomic mass is 10.0. The molecule has 5 heteroatoms.